The Morgan fingerprint density at radius 2 is 2.28 bits per heavy atom. The first-order valence-corrected chi connectivity index (χ1v) is 6.01. The molecule has 18 heavy (non-hydrogen) atoms. The fraction of sp³-hybridized carbons (Fsp3) is 0.231. The highest BCUT2D eigenvalue weighted by Crippen LogP contribution is 2.25. The van der Waals surface area contributed by atoms with Gasteiger partial charge in [0.2, 0.25) is 0 Å². The molecule has 0 saturated carbocycles. The van der Waals surface area contributed by atoms with Crippen molar-refractivity contribution in [2.24, 2.45) is 0 Å². The van der Waals surface area contributed by atoms with Gasteiger partial charge in [-0.1, -0.05) is 18.5 Å². The average molecular weight is 267 g/mol. The lowest BCUT2D eigenvalue weighted by molar-refractivity contribution is 0.112. The quantitative estimate of drug-likeness (QED) is 0.793. The first-order valence-electron chi connectivity index (χ1n) is 5.63. The molecule has 3 nitrogen and oxygen atoms in total. The van der Waals surface area contributed by atoms with E-state index in [2.05, 4.69) is 5.10 Å². The normalized spacial score (nSPS) is 10.6. The van der Waals surface area contributed by atoms with Gasteiger partial charge in [-0.15, -0.1) is 0 Å². The van der Waals surface area contributed by atoms with Gasteiger partial charge in [-0.3, -0.25) is 9.48 Å². The number of hydrogen-bond acceptors (Lipinski definition) is 2. The van der Waals surface area contributed by atoms with E-state index in [1.54, 1.807) is 16.9 Å². The molecule has 0 radical (unpaired) electrons. The average Bonchev–Trinajstić information content (AvgIpc) is 2.76. The Morgan fingerprint density at radius 1 is 1.50 bits per heavy atom. The molecule has 0 spiro atoms. The summed E-state index contributed by atoms with van der Waals surface area (Å²) in [6, 6.07) is 4.31. The summed E-state index contributed by atoms with van der Waals surface area (Å²) in [6.07, 6.45) is 3.35. The molecule has 2 rings (SSSR count). The van der Waals surface area contributed by atoms with Gasteiger partial charge < -0.3 is 0 Å². The summed E-state index contributed by atoms with van der Waals surface area (Å²) in [4.78, 5) is 11.0. The van der Waals surface area contributed by atoms with Crippen LogP contribution in [-0.4, -0.2) is 16.1 Å². The minimum absolute atomic E-state index is 0.0226. The van der Waals surface area contributed by atoms with Crippen molar-refractivity contribution in [3.05, 3.63) is 40.8 Å². The second-order valence-electron chi connectivity index (χ2n) is 3.94. The molecule has 2 aromatic rings. The van der Waals surface area contributed by atoms with Crippen molar-refractivity contribution >= 4 is 17.9 Å². The molecular weight excluding hydrogens is 255 g/mol. The van der Waals surface area contributed by atoms with E-state index in [0.29, 0.717) is 16.8 Å². The predicted octanol–water partition coefficient (Wildman–Crippen LogP) is 3.57. The highest BCUT2D eigenvalue weighted by Gasteiger charge is 2.12. The highest BCUT2D eigenvalue weighted by molar-refractivity contribution is 6.31. The van der Waals surface area contributed by atoms with Crippen molar-refractivity contribution in [2.45, 2.75) is 19.9 Å². The van der Waals surface area contributed by atoms with Crippen LogP contribution in [0.25, 0.3) is 11.3 Å². The molecule has 0 unspecified atom stereocenters. The molecule has 0 bridgehead atoms. The van der Waals surface area contributed by atoms with Crippen molar-refractivity contribution in [1.82, 2.24) is 9.78 Å². The molecule has 0 aliphatic rings. The van der Waals surface area contributed by atoms with E-state index in [0.717, 1.165) is 19.3 Å². The van der Waals surface area contributed by atoms with Gasteiger partial charge in [0.1, 0.15) is 11.5 Å². The zero-order valence-corrected chi connectivity index (χ0v) is 10.6. The minimum atomic E-state index is -0.485. The van der Waals surface area contributed by atoms with Gasteiger partial charge in [-0.2, -0.15) is 5.10 Å². The monoisotopic (exact) mass is 266 g/mol. The number of carbonyl (C=O) groups excluding carboxylic acids is 1. The van der Waals surface area contributed by atoms with Gasteiger partial charge in [0, 0.05) is 18.3 Å². The number of nitrogens with zero attached hydrogens (tertiary/aromatic N) is 2. The molecule has 5 heteroatoms. The Kier molecular flexibility index (Phi) is 3.77. The smallest absolute Gasteiger partial charge is 0.153 e. The fourth-order valence-electron chi connectivity index (χ4n) is 1.73. The van der Waals surface area contributed by atoms with E-state index < -0.39 is 5.82 Å². The molecular formula is C13H12ClFN2O. The van der Waals surface area contributed by atoms with Crippen LogP contribution in [0.5, 0.6) is 0 Å². The van der Waals surface area contributed by atoms with Gasteiger partial charge in [-0.25, -0.2) is 4.39 Å². The van der Waals surface area contributed by atoms with Crippen molar-refractivity contribution in [3.63, 3.8) is 0 Å². The maximum atomic E-state index is 13.1. The molecule has 0 aliphatic heterocycles. The summed E-state index contributed by atoms with van der Waals surface area (Å²) in [5.41, 5.74) is 1.64. The van der Waals surface area contributed by atoms with E-state index in [1.165, 1.54) is 12.1 Å². The van der Waals surface area contributed by atoms with E-state index >= 15 is 0 Å². The molecule has 0 amide bonds. The van der Waals surface area contributed by atoms with E-state index in [-0.39, 0.29) is 5.02 Å². The molecule has 94 valence electrons. The van der Waals surface area contributed by atoms with Crippen LogP contribution < -0.4 is 0 Å². The standard InChI is InChI=1S/C13H12ClFN2O/c1-2-5-17-7-10(8-18)13(16-17)9-3-4-12(15)11(14)6-9/h3-4,6-8H,2,5H2,1H3. The third kappa shape index (κ3) is 2.43. The van der Waals surface area contributed by atoms with E-state index in [9.17, 15) is 9.18 Å². The van der Waals surface area contributed by atoms with Gasteiger partial charge in [0.15, 0.2) is 6.29 Å². The SMILES string of the molecule is CCCn1cc(C=O)c(-c2ccc(F)c(Cl)c2)n1. The number of halogens is 2. The Hall–Kier alpha value is -1.68. The maximum Gasteiger partial charge on any atom is 0.153 e. The first-order chi connectivity index (χ1) is 8.65. The van der Waals surface area contributed by atoms with Crippen LogP contribution >= 0.6 is 11.6 Å². The van der Waals surface area contributed by atoms with Crippen LogP contribution in [0.3, 0.4) is 0 Å². The second-order valence-corrected chi connectivity index (χ2v) is 4.35. The Balaban J connectivity index is 2.48. The summed E-state index contributed by atoms with van der Waals surface area (Å²) in [5, 5.41) is 4.34. The van der Waals surface area contributed by atoms with Crippen molar-refractivity contribution in [3.8, 4) is 11.3 Å². The summed E-state index contributed by atoms with van der Waals surface area (Å²) >= 11 is 5.73. The lowest BCUT2D eigenvalue weighted by atomic mass is 10.1. The number of aromatic nitrogens is 2. The molecule has 0 aliphatic carbocycles. The van der Waals surface area contributed by atoms with E-state index in [4.69, 9.17) is 11.6 Å². The second kappa shape index (κ2) is 5.31. The minimum Gasteiger partial charge on any atom is -0.298 e. The van der Waals surface area contributed by atoms with Gasteiger partial charge in [-0.05, 0) is 24.6 Å². The summed E-state index contributed by atoms with van der Waals surface area (Å²) in [7, 11) is 0. The number of hydrogen-bond donors (Lipinski definition) is 0. The van der Waals surface area contributed by atoms with Gasteiger partial charge in [0.05, 0.1) is 10.6 Å². The Morgan fingerprint density at radius 3 is 2.89 bits per heavy atom. The molecule has 0 atom stereocenters. The zero-order chi connectivity index (χ0) is 13.1. The van der Waals surface area contributed by atoms with Crippen molar-refractivity contribution < 1.29 is 9.18 Å². The highest BCUT2D eigenvalue weighted by atomic mass is 35.5. The molecule has 1 heterocycles. The van der Waals surface area contributed by atoms with Gasteiger partial charge in [0.25, 0.3) is 0 Å². The summed E-state index contributed by atoms with van der Waals surface area (Å²) in [5.74, 6) is -0.485. The fourth-order valence-corrected chi connectivity index (χ4v) is 1.92. The van der Waals surface area contributed by atoms with Crippen LogP contribution in [0.15, 0.2) is 24.4 Å². The molecule has 0 fully saturated rings. The number of carbonyl (C=O) groups is 1. The van der Waals surface area contributed by atoms with E-state index in [1.807, 2.05) is 6.92 Å². The number of aldehydes is 1. The lowest BCUT2D eigenvalue weighted by Crippen LogP contribution is -1.96. The topological polar surface area (TPSA) is 34.9 Å². The zero-order valence-electron chi connectivity index (χ0n) is 9.86. The van der Waals surface area contributed by atoms with Crippen LogP contribution in [0.1, 0.15) is 23.7 Å². The number of benzene rings is 1. The Labute approximate surface area is 109 Å². The predicted molar refractivity (Wildman–Crippen MR) is 68.3 cm³/mol. The van der Waals surface area contributed by atoms with Crippen LogP contribution in [0.4, 0.5) is 4.39 Å². The van der Waals surface area contributed by atoms with Crippen LogP contribution in [0.2, 0.25) is 5.02 Å². The maximum absolute atomic E-state index is 13.1. The summed E-state index contributed by atoms with van der Waals surface area (Å²) < 4.78 is 14.8. The van der Waals surface area contributed by atoms with Crippen molar-refractivity contribution in [1.29, 1.82) is 0 Å². The molecule has 0 saturated heterocycles. The number of aryl methyl sites for hydroxylation is 1. The lowest BCUT2D eigenvalue weighted by Gasteiger charge is -2.00. The largest absolute Gasteiger partial charge is 0.298 e. The Bertz CT molecular complexity index is 580. The first kappa shape index (κ1) is 12.8. The van der Waals surface area contributed by atoms with Crippen LogP contribution in [-0.2, 0) is 6.54 Å². The summed E-state index contributed by atoms with van der Waals surface area (Å²) in [6.45, 7) is 2.76. The molecule has 0 N–H and O–H groups in total. The number of rotatable bonds is 4. The van der Waals surface area contributed by atoms with Crippen LogP contribution in [0, 0.1) is 5.82 Å². The third-order valence-electron chi connectivity index (χ3n) is 2.56. The molecule has 1 aromatic carbocycles. The third-order valence-corrected chi connectivity index (χ3v) is 2.85. The van der Waals surface area contributed by atoms with Crippen molar-refractivity contribution in [2.75, 3.05) is 0 Å². The van der Waals surface area contributed by atoms with Gasteiger partial charge >= 0.3 is 0 Å². The molecule has 1 aromatic heterocycles.